The van der Waals surface area contributed by atoms with E-state index in [1.165, 1.54) is 6.20 Å². The number of carbonyl (C=O) groups excluding carboxylic acids is 1. The second kappa shape index (κ2) is 6.78. The van der Waals surface area contributed by atoms with Gasteiger partial charge in [-0.25, -0.2) is 4.98 Å². The molecular formula is C15H15Cl2N3O. The molecule has 0 saturated carbocycles. The Morgan fingerprint density at radius 3 is 2.62 bits per heavy atom. The average Bonchev–Trinajstić information content (AvgIpc) is 2.40. The van der Waals surface area contributed by atoms with Gasteiger partial charge in [0.25, 0.3) is 5.91 Å². The van der Waals surface area contributed by atoms with Crippen molar-refractivity contribution in [3.63, 3.8) is 0 Å². The van der Waals surface area contributed by atoms with E-state index in [1.54, 1.807) is 30.3 Å². The topological polar surface area (TPSA) is 54.0 Å². The van der Waals surface area contributed by atoms with Crippen molar-refractivity contribution in [1.82, 2.24) is 4.98 Å². The van der Waals surface area contributed by atoms with Gasteiger partial charge in [0.1, 0.15) is 5.82 Å². The number of hydrogen-bond acceptors (Lipinski definition) is 3. The van der Waals surface area contributed by atoms with E-state index in [0.29, 0.717) is 27.1 Å². The van der Waals surface area contributed by atoms with E-state index >= 15 is 0 Å². The minimum atomic E-state index is -0.289. The Kier molecular flexibility index (Phi) is 5.04. The average molecular weight is 324 g/mol. The van der Waals surface area contributed by atoms with E-state index in [1.807, 2.05) is 13.8 Å². The Labute approximate surface area is 133 Å². The fourth-order valence-corrected chi connectivity index (χ4v) is 2.12. The van der Waals surface area contributed by atoms with Gasteiger partial charge < -0.3 is 10.6 Å². The van der Waals surface area contributed by atoms with Crippen LogP contribution in [0.4, 0.5) is 11.5 Å². The lowest BCUT2D eigenvalue weighted by atomic mass is 10.2. The molecule has 0 aliphatic heterocycles. The molecule has 1 amide bonds. The lowest BCUT2D eigenvalue weighted by Crippen LogP contribution is -2.14. The molecule has 1 aromatic carbocycles. The maximum Gasteiger partial charge on any atom is 0.257 e. The second-order valence-corrected chi connectivity index (χ2v) is 5.66. The van der Waals surface area contributed by atoms with E-state index in [0.717, 1.165) is 0 Å². The molecule has 0 aliphatic carbocycles. The summed E-state index contributed by atoms with van der Waals surface area (Å²) in [5, 5.41) is 6.81. The summed E-state index contributed by atoms with van der Waals surface area (Å²) in [6, 6.07) is 8.72. The zero-order valence-corrected chi connectivity index (χ0v) is 13.2. The first-order valence-electron chi connectivity index (χ1n) is 6.44. The van der Waals surface area contributed by atoms with Crippen LogP contribution in [-0.2, 0) is 0 Å². The van der Waals surface area contributed by atoms with Crippen molar-refractivity contribution >= 4 is 40.6 Å². The summed E-state index contributed by atoms with van der Waals surface area (Å²) < 4.78 is 0. The monoisotopic (exact) mass is 323 g/mol. The van der Waals surface area contributed by atoms with Crippen LogP contribution in [0.3, 0.4) is 0 Å². The molecule has 110 valence electrons. The number of anilines is 2. The van der Waals surface area contributed by atoms with Gasteiger partial charge >= 0.3 is 0 Å². The molecular weight excluding hydrogens is 309 g/mol. The van der Waals surface area contributed by atoms with Gasteiger partial charge in [-0.1, -0.05) is 29.3 Å². The maximum atomic E-state index is 12.1. The molecule has 0 radical (unpaired) electrons. The molecule has 6 heteroatoms. The van der Waals surface area contributed by atoms with Gasteiger partial charge in [0.15, 0.2) is 0 Å². The molecule has 4 nitrogen and oxygen atoms in total. The van der Waals surface area contributed by atoms with Crippen LogP contribution in [0, 0.1) is 0 Å². The third kappa shape index (κ3) is 4.34. The summed E-state index contributed by atoms with van der Waals surface area (Å²) >= 11 is 12.0. The lowest BCUT2D eigenvalue weighted by Gasteiger charge is -2.11. The zero-order chi connectivity index (χ0) is 15.4. The Morgan fingerprint density at radius 1 is 1.24 bits per heavy atom. The highest BCUT2D eigenvalue weighted by molar-refractivity contribution is 6.33. The van der Waals surface area contributed by atoms with Crippen LogP contribution in [0.15, 0.2) is 36.5 Å². The molecule has 0 atom stereocenters. The van der Waals surface area contributed by atoms with Crippen LogP contribution in [0.5, 0.6) is 0 Å². The number of nitrogens with zero attached hydrogens (tertiary/aromatic N) is 1. The van der Waals surface area contributed by atoms with Crippen LogP contribution in [0.1, 0.15) is 24.2 Å². The van der Waals surface area contributed by atoms with Crippen LogP contribution >= 0.6 is 23.2 Å². The Balaban J connectivity index is 2.14. The van der Waals surface area contributed by atoms with Crippen LogP contribution in [0.25, 0.3) is 0 Å². The molecule has 2 rings (SSSR count). The van der Waals surface area contributed by atoms with Crippen molar-refractivity contribution in [2.45, 2.75) is 19.9 Å². The number of nitrogens with one attached hydrogen (secondary N) is 2. The third-order valence-corrected chi connectivity index (χ3v) is 3.13. The fraction of sp³-hybridized carbons (Fsp3) is 0.200. The first-order chi connectivity index (χ1) is 9.95. The number of carbonyl (C=O) groups is 1. The molecule has 2 aromatic rings. The highest BCUT2D eigenvalue weighted by atomic mass is 35.5. The van der Waals surface area contributed by atoms with Gasteiger partial charge in [0.05, 0.1) is 10.6 Å². The second-order valence-electron chi connectivity index (χ2n) is 4.82. The van der Waals surface area contributed by atoms with E-state index in [2.05, 4.69) is 15.6 Å². The number of rotatable bonds is 4. The Bertz CT molecular complexity index is 659. The van der Waals surface area contributed by atoms with Gasteiger partial charge in [-0.05, 0) is 38.1 Å². The number of pyridine rings is 1. The smallest absolute Gasteiger partial charge is 0.257 e. The number of amides is 1. The predicted octanol–water partition coefficient (Wildman–Crippen LogP) is 4.46. The first-order valence-corrected chi connectivity index (χ1v) is 7.20. The number of hydrogen-bond donors (Lipinski definition) is 2. The normalized spacial score (nSPS) is 10.5. The van der Waals surface area contributed by atoms with Gasteiger partial charge in [0.2, 0.25) is 0 Å². The van der Waals surface area contributed by atoms with Crippen LogP contribution in [-0.4, -0.2) is 16.9 Å². The van der Waals surface area contributed by atoms with E-state index in [9.17, 15) is 4.79 Å². The summed E-state index contributed by atoms with van der Waals surface area (Å²) in [4.78, 5) is 16.3. The van der Waals surface area contributed by atoms with E-state index < -0.39 is 0 Å². The molecule has 0 spiro atoms. The molecule has 0 unspecified atom stereocenters. The number of benzene rings is 1. The minimum Gasteiger partial charge on any atom is -0.367 e. The highest BCUT2D eigenvalue weighted by Gasteiger charge is 2.11. The van der Waals surface area contributed by atoms with Crippen LogP contribution < -0.4 is 10.6 Å². The fourth-order valence-electron chi connectivity index (χ4n) is 1.71. The van der Waals surface area contributed by atoms with Crippen molar-refractivity contribution in [2.24, 2.45) is 0 Å². The quantitative estimate of drug-likeness (QED) is 0.873. The molecule has 2 N–H and O–H groups in total. The molecule has 0 aliphatic rings. The van der Waals surface area contributed by atoms with Crippen molar-refractivity contribution in [3.05, 3.63) is 52.1 Å². The molecule has 1 heterocycles. The summed E-state index contributed by atoms with van der Waals surface area (Å²) in [6.07, 6.45) is 1.48. The first kappa shape index (κ1) is 15.6. The number of aromatic nitrogens is 1. The van der Waals surface area contributed by atoms with Gasteiger partial charge in [-0.15, -0.1) is 0 Å². The summed E-state index contributed by atoms with van der Waals surface area (Å²) in [6.45, 7) is 3.97. The van der Waals surface area contributed by atoms with Crippen molar-refractivity contribution in [3.8, 4) is 0 Å². The maximum absolute atomic E-state index is 12.1. The SMILES string of the molecule is CC(C)Nc1ncc(C(=O)Nc2cccc(Cl)c2)cc1Cl. The predicted molar refractivity (Wildman–Crippen MR) is 87.4 cm³/mol. The molecule has 21 heavy (non-hydrogen) atoms. The molecule has 0 bridgehead atoms. The molecule has 1 aromatic heterocycles. The van der Waals surface area contributed by atoms with E-state index in [-0.39, 0.29) is 11.9 Å². The van der Waals surface area contributed by atoms with Gasteiger partial charge in [0, 0.05) is 22.9 Å². The van der Waals surface area contributed by atoms with Gasteiger partial charge in [-0.2, -0.15) is 0 Å². The van der Waals surface area contributed by atoms with Crippen molar-refractivity contribution in [1.29, 1.82) is 0 Å². The largest absolute Gasteiger partial charge is 0.367 e. The molecule has 0 saturated heterocycles. The van der Waals surface area contributed by atoms with E-state index in [4.69, 9.17) is 23.2 Å². The Morgan fingerprint density at radius 2 is 2.00 bits per heavy atom. The summed E-state index contributed by atoms with van der Waals surface area (Å²) in [7, 11) is 0. The van der Waals surface area contributed by atoms with Gasteiger partial charge in [-0.3, -0.25) is 4.79 Å². The Hall–Kier alpha value is -1.78. The number of halogens is 2. The molecule has 0 fully saturated rings. The lowest BCUT2D eigenvalue weighted by molar-refractivity contribution is 0.102. The third-order valence-electron chi connectivity index (χ3n) is 2.61. The van der Waals surface area contributed by atoms with Crippen molar-refractivity contribution in [2.75, 3.05) is 10.6 Å². The van der Waals surface area contributed by atoms with Crippen molar-refractivity contribution < 1.29 is 4.79 Å². The summed E-state index contributed by atoms with van der Waals surface area (Å²) in [5.41, 5.74) is 1.00. The highest BCUT2D eigenvalue weighted by Crippen LogP contribution is 2.22. The minimum absolute atomic E-state index is 0.209. The zero-order valence-electron chi connectivity index (χ0n) is 11.7. The van der Waals surface area contributed by atoms with Crippen LogP contribution in [0.2, 0.25) is 10.0 Å². The summed E-state index contributed by atoms with van der Waals surface area (Å²) in [5.74, 6) is 0.272. The standard InChI is InChI=1S/C15H15Cl2N3O/c1-9(2)19-14-13(17)6-10(8-18-14)15(21)20-12-5-3-4-11(16)7-12/h3-9H,1-2H3,(H,18,19)(H,20,21).